The van der Waals surface area contributed by atoms with E-state index in [9.17, 15) is 29.4 Å². The lowest BCUT2D eigenvalue weighted by Crippen LogP contribution is -2.62. The normalized spacial score (nSPS) is 38.8. The number of aliphatic hydroxyl groups is 1. The molecule has 0 aromatic heterocycles. The minimum absolute atomic E-state index is 0.0340. The molecule has 0 spiro atoms. The van der Waals surface area contributed by atoms with Crippen LogP contribution in [0.25, 0.3) is 0 Å². The predicted octanol–water partition coefficient (Wildman–Crippen LogP) is 3.47. The summed E-state index contributed by atoms with van der Waals surface area (Å²) in [6, 6.07) is 7.53. The Morgan fingerprint density at radius 3 is 2.26 bits per heavy atom. The number of methoxy groups -OCH3 is 1. The first-order valence-electron chi connectivity index (χ1n) is 19.8. The van der Waals surface area contributed by atoms with Crippen molar-refractivity contribution < 1.29 is 67.3 Å². The van der Waals surface area contributed by atoms with Crippen molar-refractivity contribution in [3.63, 3.8) is 0 Å². The molecule has 4 saturated heterocycles. The molecule has 8 rings (SSSR count). The first kappa shape index (κ1) is 40.2. The largest absolute Gasteiger partial charge is 0.507 e. The topological polar surface area (TPSA) is 186 Å². The zero-order chi connectivity index (χ0) is 40.7. The van der Waals surface area contributed by atoms with Crippen molar-refractivity contribution in [3.8, 4) is 5.75 Å². The fraction of sp³-hybridized carbons (Fsp3) is 0.619. The van der Waals surface area contributed by atoms with Gasteiger partial charge in [0.15, 0.2) is 36.2 Å². The molecular weight excluding hydrogens is 742 g/mol. The van der Waals surface area contributed by atoms with Gasteiger partial charge >= 0.3 is 5.97 Å². The maximum Gasteiger partial charge on any atom is 0.316 e. The number of carbonyl (C=O) groups excluding carboxylic acids is 4. The lowest BCUT2D eigenvalue weighted by atomic mass is 9.67. The summed E-state index contributed by atoms with van der Waals surface area (Å²) in [5.41, 5.74) is -1.35. The molecule has 0 radical (unpaired) electrons. The Bertz CT molecular complexity index is 1950. The van der Waals surface area contributed by atoms with Crippen LogP contribution >= 0.6 is 0 Å². The molecule has 2 aliphatic carbocycles. The molecule has 15 nitrogen and oxygen atoms in total. The van der Waals surface area contributed by atoms with E-state index in [2.05, 4.69) is 0 Å². The van der Waals surface area contributed by atoms with E-state index in [0.717, 1.165) is 0 Å². The molecule has 2 aromatic carbocycles. The van der Waals surface area contributed by atoms with E-state index in [4.69, 9.17) is 37.9 Å². The summed E-state index contributed by atoms with van der Waals surface area (Å²) in [5.74, 6) is -3.58. The Morgan fingerprint density at radius 2 is 1.58 bits per heavy atom. The summed E-state index contributed by atoms with van der Waals surface area (Å²) in [5, 5.41) is 24.1. The van der Waals surface area contributed by atoms with Gasteiger partial charge in [-0.3, -0.25) is 19.2 Å². The van der Waals surface area contributed by atoms with Crippen LogP contribution in [0.15, 0.2) is 30.3 Å². The zero-order valence-electron chi connectivity index (χ0n) is 33.2. The van der Waals surface area contributed by atoms with Crippen molar-refractivity contribution in [2.45, 2.75) is 145 Å². The highest BCUT2D eigenvalue weighted by molar-refractivity contribution is 6.29. The van der Waals surface area contributed by atoms with Crippen LogP contribution in [0, 0.1) is 0 Å². The number of Topliss-reactive ketones (excluding diaryl/α,β-unsaturated/α-hetero) is 1. The molecule has 4 aliphatic heterocycles. The summed E-state index contributed by atoms with van der Waals surface area (Å²) >= 11 is 0. The van der Waals surface area contributed by atoms with Crippen LogP contribution in [0.1, 0.15) is 115 Å². The van der Waals surface area contributed by atoms with Crippen LogP contribution in [-0.4, -0.2) is 133 Å². The standard InChI is InChI=1S/C42H51NO14/c1-8-42(49)17-29(32-23(34(42)40(48)50-7)13-24-33(37(32)47)36(46)22-12-10-9-11-21(22)35(24)45)55-30-14-25(43(5)6)38(19(3)51-30)56-31-16-27-39(20(4)52-31)57-41-28(54-27)15-26(44)18(2)53-41/h9-13,18-20,25,27-31,34,38-39,41,47,49H,8,14-17H2,1-7H3/t18?,19?,20?,25?,27?,28?,29-,30?,31?,34-,38?,39?,41?,42+/m0/s1. The molecule has 57 heavy (non-hydrogen) atoms. The first-order chi connectivity index (χ1) is 27.1. The number of ketones is 3. The van der Waals surface area contributed by atoms with Gasteiger partial charge in [0.25, 0.3) is 0 Å². The summed E-state index contributed by atoms with van der Waals surface area (Å²) in [6.45, 7) is 7.19. The molecule has 0 bridgehead atoms. The van der Waals surface area contributed by atoms with E-state index in [1.807, 2.05) is 32.8 Å². The van der Waals surface area contributed by atoms with Crippen LogP contribution in [-0.2, 0) is 47.5 Å². The summed E-state index contributed by atoms with van der Waals surface area (Å²) < 4.78 is 49.7. The Balaban J connectivity index is 1.05. The van der Waals surface area contributed by atoms with Crippen molar-refractivity contribution in [1.82, 2.24) is 4.90 Å². The number of phenolic OH excluding ortho intramolecular Hbond substituents is 1. The Labute approximate surface area is 330 Å². The average molecular weight is 794 g/mol. The zero-order valence-corrected chi connectivity index (χ0v) is 33.2. The third kappa shape index (κ3) is 6.84. The number of phenols is 1. The van der Waals surface area contributed by atoms with Gasteiger partial charge in [-0.05, 0) is 52.9 Å². The molecule has 0 amide bonds. The highest BCUT2D eigenvalue weighted by Crippen LogP contribution is 2.54. The minimum atomic E-state index is -1.70. The summed E-state index contributed by atoms with van der Waals surface area (Å²) in [6.07, 6.45) is -5.73. The van der Waals surface area contributed by atoms with Gasteiger partial charge in [0.2, 0.25) is 0 Å². The van der Waals surface area contributed by atoms with E-state index in [-0.39, 0.29) is 70.6 Å². The third-order valence-electron chi connectivity index (χ3n) is 12.7. The van der Waals surface area contributed by atoms with Gasteiger partial charge in [-0.25, -0.2) is 0 Å². The second-order valence-corrected chi connectivity index (χ2v) is 16.4. The van der Waals surface area contributed by atoms with Gasteiger partial charge in [-0.2, -0.15) is 0 Å². The molecule has 11 unspecified atom stereocenters. The maximum absolute atomic E-state index is 13.9. The Morgan fingerprint density at radius 1 is 0.895 bits per heavy atom. The summed E-state index contributed by atoms with van der Waals surface area (Å²) in [7, 11) is 5.04. The Kier molecular flexibility index (Phi) is 10.7. The fourth-order valence-corrected chi connectivity index (χ4v) is 9.63. The van der Waals surface area contributed by atoms with Gasteiger partial charge in [0.1, 0.15) is 36.1 Å². The van der Waals surface area contributed by atoms with E-state index in [0.29, 0.717) is 12.8 Å². The van der Waals surface area contributed by atoms with Gasteiger partial charge in [0, 0.05) is 54.0 Å². The lowest BCUT2D eigenvalue weighted by molar-refractivity contribution is -0.371. The van der Waals surface area contributed by atoms with Crippen LogP contribution < -0.4 is 0 Å². The van der Waals surface area contributed by atoms with Crippen LogP contribution in [0.3, 0.4) is 0 Å². The van der Waals surface area contributed by atoms with E-state index < -0.39 is 96.4 Å². The minimum Gasteiger partial charge on any atom is -0.507 e. The predicted molar refractivity (Wildman–Crippen MR) is 198 cm³/mol. The van der Waals surface area contributed by atoms with Gasteiger partial charge in [0.05, 0.1) is 42.7 Å². The Hall–Kier alpha value is -3.64. The van der Waals surface area contributed by atoms with E-state index in [1.165, 1.54) is 19.2 Å². The smallest absolute Gasteiger partial charge is 0.316 e. The van der Waals surface area contributed by atoms with Crippen molar-refractivity contribution in [2.24, 2.45) is 0 Å². The fourth-order valence-electron chi connectivity index (χ4n) is 9.63. The number of esters is 1. The van der Waals surface area contributed by atoms with Gasteiger partial charge in [-0.1, -0.05) is 31.2 Å². The van der Waals surface area contributed by atoms with Gasteiger partial charge < -0.3 is 53.0 Å². The quantitative estimate of drug-likeness (QED) is 0.331. The highest BCUT2D eigenvalue weighted by Gasteiger charge is 2.54. The molecule has 0 saturated carbocycles. The molecule has 6 aliphatic rings. The average Bonchev–Trinajstić information content (AvgIpc) is 3.17. The molecule has 308 valence electrons. The number of likely N-dealkylation sites (N-methyl/N-ethyl adjacent to an activating group) is 1. The number of nitrogens with zero attached hydrogens (tertiary/aromatic N) is 1. The number of hydrogen-bond donors (Lipinski definition) is 2. The third-order valence-corrected chi connectivity index (χ3v) is 12.7. The van der Waals surface area contributed by atoms with E-state index >= 15 is 0 Å². The number of fused-ring (bicyclic) bond motifs is 5. The molecule has 14 atom stereocenters. The van der Waals surface area contributed by atoms with Crippen molar-refractivity contribution in [3.05, 3.63) is 63.7 Å². The maximum atomic E-state index is 13.9. The number of rotatable bonds is 7. The van der Waals surface area contributed by atoms with Crippen molar-refractivity contribution >= 4 is 23.3 Å². The molecule has 4 heterocycles. The van der Waals surface area contributed by atoms with Crippen molar-refractivity contribution in [1.29, 1.82) is 0 Å². The van der Waals surface area contributed by atoms with Gasteiger partial charge in [-0.15, -0.1) is 0 Å². The SMILES string of the molecule is CC[C@@]1(O)C[C@H](OC2CC(N(C)C)C(OC3CC4OC5CC(=O)C(C)OC5OC4C(C)O3)C(C)O2)c2c(cc3c(c2O)C(=O)c2ccccc2C3=O)[C@H]1C(=O)OC. The van der Waals surface area contributed by atoms with Crippen molar-refractivity contribution in [2.75, 3.05) is 21.2 Å². The lowest BCUT2D eigenvalue weighted by Gasteiger charge is -2.51. The van der Waals surface area contributed by atoms with Crippen LogP contribution in [0.2, 0.25) is 0 Å². The highest BCUT2D eigenvalue weighted by atomic mass is 16.8. The molecule has 2 aromatic rings. The first-order valence-corrected chi connectivity index (χ1v) is 19.8. The number of hydrogen-bond acceptors (Lipinski definition) is 15. The van der Waals surface area contributed by atoms with E-state index in [1.54, 1.807) is 32.0 Å². The molecule has 4 fully saturated rings. The summed E-state index contributed by atoms with van der Waals surface area (Å²) in [4.78, 5) is 55.5. The molecule has 2 N–H and O–H groups in total. The van der Waals surface area contributed by atoms with Crippen LogP contribution in [0.5, 0.6) is 5.75 Å². The molecular formula is C42H51NO14. The number of benzene rings is 2. The van der Waals surface area contributed by atoms with Crippen LogP contribution in [0.4, 0.5) is 0 Å². The molecule has 15 heteroatoms. The number of aromatic hydroxyl groups is 1. The second kappa shape index (κ2) is 15.2. The number of carbonyl (C=O) groups is 4. The second-order valence-electron chi connectivity index (χ2n) is 16.4. The monoisotopic (exact) mass is 793 g/mol. The number of ether oxygens (including phenoxy) is 8.